The molecule has 5 nitrogen and oxygen atoms in total. The average Bonchev–Trinajstić information content (AvgIpc) is 3.00. The highest BCUT2D eigenvalue weighted by molar-refractivity contribution is 9.10. The van der Waals surface area contributed by atoms with E-state index in [2.05, 4.69) is 15.9 Å². The summed E-state index contributed by atoms with van der Waals surface area (Å²) in [5.41, 5.74) is 3.67. The summed E-state index contributed by atoms with van der Waals surface area (Å²) < 4.78 is 12.6. The van der Waals surface area contributed by atoms with Gasteiger partial charge in [0.05, 0.1) is 23.1 Å². The Kier molecular flexibility index (Phi) is 6.04. The Morgan fingerprint density at radius 2 is 1.77 bits per heavy atom. The fourth-order valence-corrected chi connectivity index (χ4v) is 4.32. The van der Waals surface area contributed by atoms with Gasteiger partial charge in [0.25, 0.3) is 5.91 Å². The van der Waals surface area contributed by atoms with Crippen molar-refractivity contribution in [1.82, 2.24) is 4.90 Å². The first-order valence-corrected chi connectivity index (χ1v) is 11.3. The number of halogens is 1. The molecular formula is C25H26BrNO4. The molecule has 0 saturated heterocycles. The lowest BCUT2D eigenvalue weighted by Crippen LogP contribution is -2.31. The number of aryl methyl sites for hydroxylation is 2. The van der Waals surface area contributed by atoms with Crippen LogP contribution in [0.5, 0.6) is 0 Å². The molecule has 3 aromatic rings. The van der Waals surface area contributed by atoms with Gasteiger partial charge in [-0.1, -0.05) is 28.1 Å². The van der Waals surface area contributed by atoms with E-state index in [-0.39, 0.29) is 23.2 Å². The molecular weight excluding hydrogens is 458 g/mol. The van der Waals surface area contributed by atoms with Crippen molar-refractivity contribution < 1.29 is 13.9 Å². The molecule has 0 aliphatic carbocycles. The van der Waals surface area contributed by atoms with Gasteiger partial charge in [0.1, 0.15) is 5.58 Å². The summed E-state index contributed by atoms with van der Waals surface area (Å²) in [5, 5.41) is 0.516. The monoisotopic (exact) mass is 483 g/mol. The van der Waals surface area contributed by atoms with Gasteiger partial charge >= 0.3 is 0 Å². The molecule has 0 fully saturated rings. The lowest BCUT2D eigenvalue weighted by Gasteiger charge is -2.25. The molecule has 2 heterocycles. The van der Waals surface area contributed by atoms with Crippen molar-refractivity contribution in [1.29, 1.82) is 0 Å². The molecule has 0 spiro atoms. The van der Waals surface area contributed by atoms with Crippen molar-refractivity contribution in [2.75, 3.05) is 13.2 Å². The van der Waals surface area contributed by atoms with Crippen LogP contribution in [-0.2, 0) is 4.74 Å². The van der Waals surface area contributed by atoms with Gasteiger partial charge in [-0.2, -0.15) is 0 Å². The second kappa shape index (κ2) is 8.60. The highest BCUT2D eigenvalue weighted by Crippen LogP contribution is 2.38. The summed E-state index contributed by atoms with van der Waals surface area (Å²) in [4.78, 5) is 28.7. The molecule has 1 atom stereocenters. The number of ether oxygens (including phenoxy) is 1. The predicted molar refractivity (Wildman–Crippen MR) is 125 cm³/mol. The Morgan fingerprint density at radius 1 is 1.10 bits per heavy atom. The molecule has 0 bridgehead atoms. The first-order chi connectivity index (χ1) is 14.8. The first kappa shape index (κ1) is 21.8. The van der Waals surface area contributed by atoms with Crippen molar-refractivity contribution in [3.63, 3.8) is 0 Å². The third-order valence-corrected chi connectivity index (χ3v) is 6.29. The zero-order valence-corrected chi connectivity index (χ0v) is 19.8. The molecule has 6 heteroatoms. The van der Waals surface area contributed by atoms with Crippen molar-refractivity contribution >= 4 is 32.8 Å². The Balaban J connectivity index is 1.83. The van der Waals surface area contributed by atoms with Crippen LogP contribution >= 0.6 is 15.9 Å². The molecule has 0 radical (unpaired) electrons. The molecule has 4 rings (SSSR count). The normalized spacial score (nSPS) is 15.9. The van der Waals surface area contributed by atoms with Gasteiger partial charge in [-0.05, 0) is 75.1 Å². The smallest absolute Gasteiger partial charge is 0.290 e. The number of rotatable bonds is 6. The number of hydrogen-bond acceptors (Lipinski definition) is 4. The third kappa shape index (κ3) is 4.06. The molecule has 0 unspecified atom stereocenters. The van der Waals surface area contributed by atoms with Gasteiger partial charge in [0.2, 0.25) is 5.76 Å². The minimum absolute atomic E-state index is 0.133. The van der Waals surface area contributed by atoms with E-state index in [0.29, 0.717) is 36.1 Å². The fourth-order valence-electron chi connectivity index (χ4n) is 4.05. The summed E-state index contributed by atoms with van der Waals surface area (Å²) in [5.74, 6) is -0.0943. The van der Waals surface area contributed by atoms with E-state index >= 15 is 0 Å². The van der Waals surface area contributed by atoms with Crippen LogP contribution in [0, 0.1) is 13.8 Å². The lowest BCUT2D eigenvalue weighted by molar-refractivity contribution is 0.0593. The third-order valence-electron chi connectivity index (χ3n) is 5.76. The van der Waals surface area contributed by atoms with E-state index in [9.17, 15) is 9.59 Å². The largest absolute Gasteiger partial charge is 0.450 e. The summed E-state index contributed by atoms with van der Waals surface area (Å²) in [6, 6.07) is 11.0. The number of amides is 1. The van der Waals surface area contributed by atoms with E-state index in [4.69, 9.17) is 9.15 Å². The summed E-state index contributed by atoms with van der Waals surface area (Å²) in [6.45, 7) is 8.94. The Bertz CT molecular complexity index is 1200. The highest BCUT2D eigenvalue weighted by atomic mass is 79.9. The van der Waals surface area contributed by atoms with Gasteiger partial charge in [-0.3, -0.25) is 9.59 Å². The number of carbonyl (C=O) groups is 1. The van der Waals surface area contributed by atoms with Crippen molar-refractivity contribution in [3.8, 4) is 0 Å². The standard InChI is InChI=1S/C25H26BrNO4/c1-14(2)30-11-5-10-27-22(17-6-8-18(26)9-7-17)21-23(28)19-12-15(3)16(4)13-20(19)31-24(21)25(27)29/h6-9,12-14,22H,5,10-11H2,1-4H3/t22-/m0/s1. The number of nitrogens with zero attached hydrogens (tertiary/aromatic N) is 1. The SMILES string of the molecule is Cc1cc2oc3c(c(=O)c2cc1C)[C@H](c1ccc(Br)cc1)N(CCCOC(C)C)C3=O. The molecule has 0 N–H and O–H groups in total. The van der Waals surface area contributed by atoms with Gasteiger partial charge in [0.15, 0.2) is 5.43 Å². The van der Waals surface area contributed by atoms with E-state index in [0.717, 1.165) is 21.2 Å². The quantitative estimate of drug-likeness (QED) is 0.432. The van der Waals surface area contributed by atoms with Crippen LogP contribution in [0.15, 0.2) is 50.1 Å². The molecule has 2 aromatic carbocycles. The van der Waals surface area contributed by atoms with Crippen LogP contribution in [-0.4, -0.2) is 30.1 Å². The zero-order chi connectivity index (χ0) is 22.3. The maximum Gasteiger partial charge on any atom is 0.290 e. The molecule has 1 aromatic heterocycles. The Labute approximate surface area is 190 Å². The number of carbonyl (C=O) groups excluding carboxylic acids is 1. The van der Waals surface area contributed by atoms with Crippen LogP contribution < -0.4 is 5.43 Å². The molecule has 1 aliphatic heterocycles. The highest BCUT2D eigenvalue weighted by Gasteiger charge is 2.42. The molecule has 1 amide bonds. The van der Waals surface area contributed by atoms with Crippen LogP contribution in [0.4, 0.5) is 0 Å². The summed E-state index contributed by atoms with van der Waals surface area (Å²) in [7, 11) is 0. The summed E-state index contributed by atoms with van der Waals surface area (Å²) in [6.07, 6.45) is 0.811. The maximum absolute atomic E-state index is 13.6. The topological polar surface area (TPSA) is 59.8 Å². The second-order valence-corrected chi connectivity index (χ2v) is 9.25. The van der Waals surface area contributed by atoms with E-state index < -0.39 is 6.04 Å². The van der Waals surface area contributed by atoms with Crippen LogP contribution in [0.3, 0.4) is 0 Å². The summed E-state index contributed by atoms with van der Waals surface area (Å²) >= 11 is 3.46. The van der Waals surface area contributed by atoms with Crippen LogP contribution in [0.25, 0.3) is 11.0 Å². The second-order valence-electron chi connectivity index (χ2n) is 8.33. The van der Waals surface area contributed by atoms with Gasteiger partial charge in [-0.15, -0.1) is 0 Å². The van der Waals surface area contributed by atoms with Gasteiger partial charge < -0.3 is 14.1 Å². The molecule has 0 saturated carbocycles. The number of fused-ring (bicyclic) bond motifs is 2. The first-order valence-electron chi connectivity index (χ1n) is 10.5. The van der Waals surface area contributed by atoms with Gasteiger partial charge in [0, 0.05) is 17.6 Å². The number of benzene rings is 2. The minimum atomic E-state index is -0.475. The zero-order valence-electron chi connectivity index (χ0n) is 18.2. The minimum Gasteiger partial charge on any atom is -0.450 e. The lowest BCUT2D eigenvalue weighted by atomic mass is 9.97. The fraction of sp³-hybridized carbons (Fsp3) is 0.360. The van der Waals surface area contributed by atoms with Gasteiger partial charge in [-0.25, -0.2) is 0 Å². The molecule has 31 heavy (non-hydrogen) atoms. The maximum atomic E-state index is 13.6. The molecule has 162 valence electrons. The van der Waals surface area contributed by atoms with Crippen LogP contribution in [0.2, 0.25) is 0 Å². The van der Waals surface area contributed by atoms with Crippen LogP contribution in [0.1, 0.15) is 59.1 Å². The Morgan fingerprint density at radius 3 is 2.45 bits per heavy atom. The van der Waals surface area contributed by atoms with E-state index in [1.165, 1.54) is 0 Å². The van der Waals surface area contributed by atoms with Crippen molar-refractivity contribution in [3.05, 3.63) is 79.1 Å². The van der Waals surface area contributed by atoms with Crippen molar-refractivity contribution in [2.45, 2.75) is 46.3 Å². The Hall–Kier alpha value is -2.44. The predicted octanol–water partition coefficient (Wildman–Crippen LogP) is 5.53. The number of hydrogen-bond donors (Lipinski definition) is 0. The molecule has 1 aliphatic rings. The van der Waals surface area contributed by atoms with E-state index in [1.807, 2.05) is 64.1 Å². The average molecular weight is 484 g/mol. The van der Waals surface area contributed by atoms with Crippen molar-refractivity contribution in [2.24, 2.45) is 0 Å². The van der Waals surface area contributed by atoms with E-state index in [1.54, 1.807) is 4.90 Å².